The van der Waals surface area contributed by atoms with Crippen molar-refractivity contribution in [2.24, 2.45) is 93.7 Å². The molecule has 0 aromatic heterocycles. The zero-order chi connectivity index (χ0) is 41.4. The summed E-state index contributed by atoms with van der Waals surface area (Å²) in [5.41, 5.74) is -0.00931. The molecule has 0 aromatic rings. The molecule has 318 valence electrons. The van der Waals surface area contributed by atoms with Crippen LogP contribution in [-0.4, -0.2) is 61.3 Å². The highest BCUT2D eigenvalue weighted by atomic mass is 28.4. The molecule has 8 aliphatic carbocycles. The fourth-order valence-electron chi connectivity index (χ4n) is 14.3. The van der Waals surface area contributed by atoms with Gasteiger partial charge in [0.25, 0.3) is 0 Å². The van der Waals surface area contributed by atoms with Gasteiger partial charge in [0.2, 0.25) is 0 Å². The van der Waals surface area contributed by atoms with E-state index in [-0.39, 0.29) is 35.0 Å². The summed E-state index contributed by atoms with van der Waals surface area (Å²) in [4.78, 5) is 25.4. The van der Waals surface area contributed by atoms with E-state index in [1.165, 1.54) is 38.5 Å². The van der Waals surface area contributed by atoms with Crippen LogP contribution in [-0.2, 0) is 32.3 Å². The molecule has 8 aliphatic rings. The minimum absolute atomic E-state index is 0.0873. The molecule has 0 heterocycles. The predicted octanol–water partition coefficient (Wildman–Crippen LogP) is 11.0. The number of ether oxygens (including phenoxy) is 2. The summed E-state index contributed by atoms with van der Waals surface area (Å²) < 4.78 is 26.3. The maximum Gasteiger partial charge on any atom is 0.496 e. The zero-order valence-electron chi connectivity index (χ0n) is 38.6. The van der Waals surface area contributed by atoms with E-state index in [0.717, 1.165) is 72.0 Å². The van der Waals surface area contributed by atoms with Gasteiger partial charge in [-0.1, -0.05) is 53.9 Å². The van der Waals surface area contributed by atoms with Crippen LogP contribution in [0, 0.1) is 93.7 Å². The van der Waals surface area contributed by atoms with Crippen LogP contribution in [0.3, 0.4) is 0 Å². The van der Waals surface area contributed by atoms with Crippen molar-refractivity contribution in [1.29, 1.82) is 0 Å². The molecular weight excluding hydrogens is 721 g/mol. The first-order chi connectivity index (χ1) is 25.1. The Labute approximate surface area is 339 Å². The Morgan fingerprint density at radius 2 is 0.782 bits per heavy atom. The van der Waals surface area contributed by atoms with Crippen molar-refractivity contribution in [1.82, 2.24) is 0 Å². The molecule has 8 rings (SSSR count). The lowest BCUT2D eigenvalue weighted by Crippen LogP contribution is -2.39. The van der Waals surface area contributed by atoms with Crippen LogP contribution in [0.2, 0.25) is 32.7 Å². The van der Waals surface area contributed by atoms with Gasteiger partial charge in [-0.25, -0.2) is 0 Å². The van der Waals surface area contributed by atoms with Crippen molar-refractivity contribution in [3.8, 4) is 0 Å². The number of carbonyl (C=O) groups is 2. The van der Waals surface area contributed by atoms with Crippen molar-refractivity contribution in [3.05, 3.63) is 0 Å². The smallest absolute Gasteiger partial charge is 0.460 e. The van der Waals surface area contributed by atoms with E-state index in [0.29, 0.717) is 22.7 Å². The third-order valence-electron chi connectivity index (χ3n) is 15.9. The molecule has 0 saturated heterocycles. The Morgan fingerprint density at radius 1 is 0.509 bits per heavy atom. The standard InChI is InChI=1S/2C19H30O2.C4H12O3Si.C4H12Si/c2*1-18(2,3)21-17(20)12-9-13-14-10-6-7-11(8-10)15(14)16(12)19(13,4)5;1-5-8(4,6-2)7-3;1-5(2,3)4/h2*10-16H,6-9H2,1-5H3;1-4H3;1-4H3. The number of hydrogen-bond donors (Lipinski definition) is 0. The SMILES string of the molecule is CC(C)(C)OC(=O)C1CC2C3C4CCC(C4)C3C1C2(C)C.CC(C)(C)OC(=O)C1CC2C3C4CCC(C4)C3C1C2(C)C.CO[Si](C)(OC)OC.C[Si](C)(C)C. The van der Waals surface area contributed by atoms with E-state index >= 15 is 0 Å². The van der Waals surface area contributed by atoms with Gasteiger partial charge in [-0.05, 0) is 175 Å². The average molecular weight is 805 g/mol. The molecule has 8 saturated carbocycles. The molecule has 14 unspecified atom stereocenters. The molecule has 9 heteroatoms. The van der Waals surface area contributed by atoms with Crippen LogP contribution < -0.4 is 0 Å². The average Bonchev–Trinajstić information content (AvgIpc) is 3.93. The third-order valence-corrected chi connectivity index (χ3v) is 18.1. The van der Waals surface area contributed by atoms with Crippen LogP contribution in [0.5, 0.6) is 0 Å². The summed E-state index contributed by atoms with van der Waals surface area (Å²) in [5, 5.41) is 0. The van der Waals surface area contributed by atoms with E-state index in [4.69, 9.17) is 22.8 Å². The molecule has 7 nitrogen and oxygen atoms in total. The molecular formula is C46H84O7Si2. The fourth-order valence-corrected chi connectivity index (χ4v) is 14.8. The summed E-state index contributed by atoms with van der Waals surface area (Å²) in [7, 11) is 1.97. The van der Waals surface area contributed by atoms with Gasteiger partial charge in [-0.15, -0.1) is 0 Å². The third kappa shape index (κ3) is 9.06. The zero-order valence-corrected chi connectivity index (χ0v) is 40.6. The van der Waals surface area contributed by atoms with E-state index in [1.54, 1.807) is 21.3 Å². The Kier molecular flexibility index (Phi) is 12.9. The second-order valence-corrected chi connectivity index (χ2v) is 33.1. The van der Waals surface area contributed by atoms with Crippen LogP contribution in [0.15, 0.2) is 0 Å². The molecule has 0 aliphatic heterocycles. The predicted molar refractivity (Wildman–Crippen MR) is 227 cm³/mol. The van der Waals surface area contributed by atoms with Crippen molar-refractivity contribution in [3.63, 3.8) is 0 Å². The van der Waals surface area contributed by atoms with Crippen LogP contribution in [0.1, 0.15) is 121 Å². The van der Waals surface area contributed by atoms with Crippen LogP contribution in [0.4, 0.5) is 0 Å². The summed E-state index contributed by atoms with van der Waals surface area (Å²) in [6.45, 7) is 32.8. The molecule has 0 spiro atoms. The van der Waals surface area contributed by atoms with E-state index in [9.17, 15) is 9.59 Å². The summed E-state index contributed by atoms with van der Waals surface area (Å²) in [5.74, 6) is 10.5. The quantitative estimate of drug-likeness (QED) is 0.155. The lowest BCUT2D eigenvalue weighted by molar-refractivity contribution is -0.165. The van der Waals surface area contributed by atoms with Crippen molar-refractivity contribution in [2.75, 3.05) is 21.3 Å². The Hall–Kier alpha value is -0.746. The Bertz CT molecular complexity index is 1270. The highest BCUT2D eigenvalue weighted by molar-refractivity contribution is 6.74. The van der Waals surface area contributed by atoms with Gasteiger partial charge in [0.05, 0.1) is 11.8 Å². The molecule has 0 aromatic carbocycles. The number of esters is 2. The number of rotatable bonds is 5. The van der Waals surface area contributed by atoms with Crippen molar-refractivity contribution < 1.29 is 32.3 Å². The first-order valence-electron chi connectivity index (χ1n) is 22.2. The monoisotopic (exact) mass is 805 g/mol. The summed E-state index contributed by atoms with van der Waals surface area (Å²) >= 11 is 0. The molecule has 8 bridgehead atoms. The lowest BCUT2D eigenvalue weighted by atomic mass is 9.67. The molecule has 14 atom stereocenters. The molecule has 55 heavy (non-hydrogen) atoms. The van der Waals surface area contributed by atoms with Crippen LogP contribution >= 0.6 is 0 Å². The normalized spacial score (nSPS) is 40.6. The molecule has 0 N–H and O–H groups in total. The largest absolute Gasteiger partial charge is 0.496 e. The highest BCUT2D eigenvalue weighted by Crippen LogP contribution is 2.76. The second-order valence-electron chi connectivity index (χ2n) is 24.1. The fraction of sp³-hybridized carbons (Fsp3) is 0.957. The van der Waals surface area contributed by atoms with Gasteiger partial charge in [0, 0.05) is 36.0 Å². The first-order valence-corrected chi connectivity index (χ1v) is 28.4. The van der Waals surface area contributed by atoms with Gasteiger partial charge in [-0.3, -0.25) is 9.59 Å². The minimum Gasteiger partial charge on any atom is -0.460 e. The molecule has 8 fully saturated rings. The van der Waals surface area contributed by atoms with Crippen molar-refractivity contribution >= 4 is 28.8 Å². The number of carbonyl (C=O) groups excluding carboxylic acids is 2. The Morgan fingerprint density at radius 3 is 1.02 bits per heavy atom. The van der Waals surface area contributed by atoms with Gasteiger partial charge in [0.15, 0.2) is 0 Å². The summed E-state index contributed by atoms with van der Waals surface area (Å²) in [6.07, 6.45) is 10.9. The molecule has 0 amide bonds. The van der Waals surface area contributed by atoms with E-state index < -0.39 is 16.9 Å². The highest BCUT2D eigenvalue weighted by Gasteiger charge is 2.72. The van der Waals surface area contributed by atoms with Crippen molar-refractivity contribution in [2.45, 2.75) is 165 Å². The van der Waals surface area contributed by atoms with Gasteiger partial charge in [0.1, 0.15) is 11.2 Å². The molecule has 0 radical (unpaired) electrons. The van der Waals surface area contributed by atoms with Crippen LogP contribution in [0.25, 0.3) is 0 Å². The lowest BCUT2D eigenvalue weighted by Gasteiger charge is -2.38. The maximum atomic E-state index is 12.7. The van der Waals surface area contributed by atoms with E-state index in [1.807, 2.05) is 48.1 Å². The van der Waals surface area contributed by atoms with Gasteiger partial charge >= 0.3 is 20.7 Å². The van der Waals surface area contributed by atoms with Gasteiger partial charge < -0.3 is 22.8 Å². The topological polar surface area (TPSA) is 80.3 Å². The Balaban J connectivity index is 0.000000161. The summed E-state index contributed by atoms with van der Waals surface area (Å²) in [6, 6.07) is 0. The minimum atomic E-state index is -2.17. The van der Waals surface area contributed by atoms with E-state index in [2.05, 4.69) is 53.9 Å². The first kappa shape index (κ1) is 45.3. The maximum absolute atomic E-state index is 12.7. The number of fused-ring (bicyclic) bond motifs is 18. The number of hydrogen-bond acceptors (Lipinski definition) is 7. The van der Waals surface area contributed by atoms with Gasteiger partial charge in [-0.2, -0.15) is 0 Å². The second kappa shape index (κ2) is 15.7.